The van der Waals surface area contributed by atoms with Gasteiger partial charge in [0.05, 0.1) is 12.2 Å². The van der Waals surface area contributed by atoms with Crippen LogP contribution in [0.2, 0.25) is 0 Å². The first-order valence-electron chi connectivity index (χ1n) is 13.8. The molecule has 1 aliphatic heterocycles. The molecule has 10 heteroatoms. The predicted octanol–water partition coefficient (Wildman–Crippen LogP) is 2.43. The SMILES string of the molecule is COC(C)CNCC(O)CNC(=O)[C@@H](Cc1ccc2ccccc2c1)NC(=O)C1CCCN1C(=O)C(C)(C)C.Cl. The van der Waals surface area contributed by atoms with Crippen LogP contribution in [0, 0.1) is 5.41 Å². The Kier molecular flexibility index (Phi) is 12.8. The average molecular weight is 577 g/mol. The van der Waals surface area contributed by atoms with Crippen LogP contribution in [0.4, 0.5) is 0 Å². The minimum Gasteiger partial charge on any atom is -0.390 e. The number of nitrogens with zero attached hydrogens (tertiary/aromatic N) is 1. The van der Waals surface area contributed by atoms with Crippen LogP contribution in [-0.2, 0) is 25.5 Å². The van der Waals surface area contributed by atoms with Crippen LogP contribution >= 0.6 is 12.4 Å². The molecule has 3 amide bonds. The molecule has 40 heavy (non-hydrogen) atoms. The molecule has 0 spiro atoms. The number of rotatable bonds is 12. The Balaban J connectivity index is 0.00000560. The van der Waals surface area contributed by atoms with Gasteiger partial charge in [-0.3, -0.25) is 14.4 Å². The number of hydrogen-bond donors (Lipinski definition) is 4. The molecule has 2 aromatic rings. The van der Waals surface area contributed by atoms with Gasteiger partial charge in [-0.15, -0.1) is 12.4 Å². The second-order valence-electron chi connectivity index (χ2n) is 11.5. The summed E-state index contributed by atoms with van der Waals surface area (Å²) in [5.41, 5.74) is 0.301. The highest BCUT2D eigenvalue weighted by Crippen LogP contribution is 2.26. The van der Waals surface area contributed by atoms with Crippen molar-refractivity contribution in [2.75, 3.05) is 33.3 Å². The topological polar surface area (TPSA) is 120 Å². The normalized spacial score (nSPS) is 17.6. The van der Waals surface area contributed by atoms with Gasteiger partial charge in [0.2, 0.25) is 17.7 Å². The molecule has 9 nitrogen and oxygen atoms in total. The van der Waals surface area contributed by atoms with Crippen molar-refractivity contribution in [2.24, 2.45) is 5.41 Å². The second kappa shape index (κ2) is 15.3. The van der Waals surface area contributed by atoms with E-state index in [0.717, 1.165) is 22.8 Å². The van der Waals surface area contributed by atoms with Gasteiger partial charge >= 0.3 is 0 Å². The Morgan fingerprint density at radius 2 is 1.77 bits per heavy atom. The van der Waals surface area contributed by atoms with Gasteiger partial charge in [0.25, 0.3) is 0 Å². The Morgan fingerprint density at radius 1 is 1.07 bits per heavy atom. The summed E-state index contributed by atoms with van der Waals surface area (Å²) in [5, 5.41) is 21.3. The van der Waals surface area contributed by atoms with Crippen LogP contribution in [-0.4, -0.2) is 85.3 Å². The largest absolute Gasteiger partial charge is 0.390 e. The van der Waals surface area contributed by atoms with E-state index in [0.29, 0.717) is 26.1 Å². The molecular formula is C30H45ClN4O5. The van der Waals surface area contributed by atoms with Crippen molar-refractivity contribution in [3.63, 3.8) is 0 Å². The number of fused-ring (bicyclic) bond motifs is 1. The molecule has 1 heterocycles. The molecule has 0 aromatic heterocycles. The molecule has 1 saturated heterocycles. The van der Waals surface area contributed by atoms with Crippen molar-refractivity contribution in [1.29, 1.82) is 0 Å². The summed E-state index contributed by atoms with van der Waals surface area (Å²) in [6, 6.07) is 12.5. The summed E-state index contributed by atoms with van der Waals surface area (Å²) in [5.74, 6) is -0.789. The summed E-state index contributed by atoms with van der Waals surface area (Å²) in [4.78, 5) is 41.3. The molecule has 4 N–H and O–H groups in total. The van der Waals surface area contributed by atoms with E-state index in [1.165, 1.54) is 0 Å². The summed E-state index contributed by atoms with van der Waals surface area (Å²) in [6.45, 7) is 8.88. The van der Waals surface area contributed by atoms with Gasteiger partial charge in [0.1, 0.15) is 12.1 Å². The predicted molar refractivity (Wildman–Crippen MR) is 159 cm³/mol. The molecule has 0 radical (unpaired) electrons. The summed E-state index contributed by atoms with van der Waals surface area (Å²) in [7, 11) is 1.62. The molecular weight excluding hydrogens is 532 g/mol. The van der Waals surface area contributed by atoms with E-state index in [4.69, 9.17) is 4.74 Å². The monoisotopic (exact) mass is 576 g/mol. The number of benzene rings is 2. The highest BCUT2D eigenvalue weighted by molar-refractivity contribution is 5.93. The van der Waals surface area contributed by atoms with Gasteiger partial charge in [0.15, 0.2) is 0 Å². The number of aliphatic hydroxyl groups excluding tert-OH is 1. The maximum absolute atomic E-state index is 13.4. The van der Waals surface area contributed by atoms with Crippen LogP contribution in [0.5, 0.6) is 0 Å². The number of nitrogens with one attached hydrogen (secondary N) is 3. The van der Waals surface area contributed by atoms with Crippen molar-refractivity contribution in [2.45, 2.75) is 71.2 Å². The average Bonchev–Trinajstić information content (AvgIpc) is 3.40. The summed E-state index contributed by atoms with van der Waals surface area (Å²) >= 11 is 0. The van der Waals surface area contributed by atoms with Gasteiger partial charge in [-0.1, -0.05) is 63.2 Å². The second-order valence-corrected chi connectivity index (χ2v) is 11.5. The van der Waals surface area contributed by atoms with Crippen LogP contribution < -0.4 is 16.0 Å². The Bertz CT molecular complexity index is 1140. The highest BCUT2D eigenvalue weighted by Gasteiger charge is 2.39. The minimum absolute atomic E-state index is 0. The van der Waals surface area contributed by atoms with E-state index in [-0.39, 0.29) is 49.2 Å². The number of carbonyl (C=O) groups excluding carboxylic acids is 3. The molecule has 2 aromatic carbocycles. The fourth-order valence-electron chi connectivity index (χ4n) is 4.74. The van der Waals surface area contributed by atoms with Crippen LogP contribution in [0.15, 0.2) is 42.5 Å². The van der Waals surface area contributed by atoms with E-state index in [1.54, 1.807) is 12.0 Å². The zero-order chi connectivity index (χ0) is 28.6. The molecule has 0 saturated carbocycles. The molecule has 4 atom stereocenters. The van der Waals surface area contributed by atoms with Crippen molar-refractivity contribution in [3.8, 4) is 0 Å². The maximum Gasteiger partial charge on any atom is 0.243 e. The van der Waals surface area contributed by atoms with Crippen molar-refractivity contribution < 1.29 is 24.2 Å². The number of aliphatic hydroxyl groups is 1. The molecule has 222 valence electrons. The number of carbonyl (C=O) groups is 3. The lowest BCUT2D eigenvalue weighted by Crippen LogP contribution is -2.55. The first-order chi connectivity index (χ1) is 18.5. The number of halogens is 1. The maximum atomic E-state index is 13.4. The third-order valence-corrected chi connectivity index (χ3v) is 7.07. The van der Waals surface area contributed by atoms with Gasteiger partial charge in [-0.25, -0.2) is 0 Å². The van der Waals surface area contributed by atoms with Gasteiger partial charge in [-0.2, -0.15) is 0 Å². The number of ether oxygens (including phenoxy) is 1. The summed E-state index contributed by atoms with van der Waals surface area (Å²) < 4.78 is 5.19. The standard InChI is InChI=1S/C30H44N4O5.ClH/c1-20(39-5)17-31-18-24(35)19-32-27(36)25(16-21-12-13-22-9-6-7-10-23(22)15-21)33-28(37)26-11-8-14-34(26)29(38)30(2,3)4;/h6-7,9-10,12-13,15,20,24-26,31,35H,8,11,14,16-19H2,1-5H3,(H,32,36)(H,33,37);1H/t20?,24?,25-,26?;/m1./s1. The Hall–Kier alpha value is -2.72. The van der Waals surface area contributed by atoms with Gasteiger partial charge < -0.3 is 30.7 Å². The van der Waals surface area contributed by atoms with E-state index >= 15 is 0 Å². The fraction of sp³-hybridized carbons (Fsp3) is 0.567. The van der Waals surface area contributed by atoms with E-state index in [9.17, 15) is 19.5 Å². The smallest absolute Gasteiger partial charge is 0.243 e. The van der Waals surface area contributed by atoms with Crippen LogP contribution in [0.25, 0.3) is 10.8 Å². The minimum atomic E-state index is -0.862. The number of methoxy groups -OCH3 is 1. The van der Waals surface area contributed by atoms with E-state index in [2.05, 4.69) is 16.0 Å². The number of likely N-dealkylation sites (tertiary alicyclic amines) is 1. The summed E-state index contributed by atoms with van der Waals surface area (Å²) in [6.07, 6.45) is 0.783. The van der Waals surface area contributed by atoms with Crippen LogP contribution in [0.1, 0.15) is 46.1 Å². The Morgan fingerprint density at radius 3 is 2.45 bits per heavy atom. The number of hydrogen-bond acceptors (Lipinski definition) is 6. The third-order valence-electron chi connectivity index (χ3n) is 7.07. The van der Waals surface area contributed by atoms with E-state index in [1.807, 2.05) is 70.2 Å². The van der Waals surface area contributed by atoms with Gasteiger partial charge in [-0.05, 0) is 36.1 Å². The molecule has 1 aliphatic rings. The van der Waals surface area contributed by atoms with Crippen molar-refractivity contribution >= 4 is 40.9 Å². The molecule has 0 bridgehead atoms. The van der Waals surface area contributed by atoms with Crippen LogP contribution in [0.3, 0.4) is 0 Å². The fourth-order valence-corrected chi connectivity index (χ4v) is 4.74. The first kappa shape index (κ1) is 33.5. The zero-order valence-corrected chi connectivity index (χ0v) is 25.1. The van der Waals surface area contributed by atoms with Crippen molar-refractivity contribution in [1.82, 2.24) is 20.9 Å². The third kappa shape index (κ3) is 9.44. The quantitative estimate of drug-likeness (QED) is 0.308. The lowest BCUT2D eigenvalue weighted by atomic mass is 9.94. The van der Waals surface area contributed by atoms with Gasteiger partial charge in [0, 0.05) is 45.1 Å². The highest BCUT2D eigenvalue weighted by atomic mass is 35.5. The molecule has 3 rings (SSSR count). The molecule has 0 aliphatic carbocycles. The molecule has 3 unspecified atom stereocenters. The Labute approximate surface area is 243 Å². The number of amides is 3. The van der Waals surface area contributed by atoms with E-state index < -0.39 is 23.6 Å². The lowest BCUT2D eigenvalue weighted by Gasteiger charge is -2.31. The lowest BCUT2D eigenvalue weighted by molar-refractivity contribution is -0.145. The zero-order valence-electron chi connectivity index (χ0n) is 24.2. The molecule has 1 fully saturated rings. The first-order valence-corrected chi connectivity index (χ1v) is 13.8. The van der Waals surface area contributed by atoms with Crippen molar-refractivity contribution in [3.05, 3.63) is 48.0 Å².